The van der Waals surface area contributed by atoms with Crippen LogP contribution in [0.4, 0.5) is 17.5 Å². The monoisotopic (exact) mass is 567 g/mol. The quantitative estimate of drug-likeness (QED) is 0.526. The zero-order chi connectivity index (χ0) is 28.3. The second-order valence-corrected chi connectivity index (χ2v) is 15.0. The molecule has 1 atom stereocenters. The summed E-state index contributed by atoms with van der Waals surface area (Å²) in [6.45, 7) is 6.18. The van der Waals surface area contributed by atoms with Crippen LogP contribution in [-0.2, 0) is 24.8 Å². The van der Waals surface area contributed by atoms with Crippen molar-refractivity contribution in [1.29, 1.82) is 0 Å². The van der Waals surface area contributed by atoms with Gasteiger partial charge in [0.25, 0.3) is 0 Å². The number of sulfone groups is 1. The van der Waals surface area contributed by atoms with Crippen molar-refractivity contribution in [2.75, 3.05) is 44.1 Å². The molecule has 0 radical (unpaired) electrons. The molecule has 40 heavy (non-hydrogen) atoms. The van der Waals surface area contributed by atoms with Crippen molar-refractivity contribution in [3.8, 4) is 0 Å². The Morgan fingerprint density at radius 2 is 1.85 bits per heavy atom. The van der Waals surface area contributed by atoms with Gasteiger partial charge in [-0.3, -0.25) is 9.69 Å². The number of amides is 1. The average molecular weight is 568 g/mol. The van der Waals surface area contributed by atoms with E-state index in [2.05, 4.69) is 22.2 Å². The Balaban J connectivity index is 1.21. The molecular formula is C30H41N5O4S. The molecule has 1 saturated heterocycles. The van der Waals surface area contributed by atoms with Crippen molar-refractivity contribution < 1.29 is 17.9 Å². The summed E-state index contributed by atoms with van der Waals surface area (Å²) in [6, 6.07) is 5.40. The fraction of sp³-hybridized carbons (Fsp3) is 0.633. The van der Waals surface area contributed by atoms with E-state index in [1.807, 2.05) is 18.7 Å². The third-order valence-corrected chi connectivity index (χ3v) is 12.1. The minimum Gasteiger partial charge on any atom is -0.383 e. The lowest BCUT2D eigenvalue weighted by Crippen LogP contribution is -2.50. The number of hydrogen-bond acceptors (Lipinski definition) is 8. The number of anilines is 3. The standard InChI is InChI=1S/C30H41N5O4S/c1-20-15-22(40(37,38)23-16-30(17-23)11-13-34(3)14-12-30)9-10-25(20)32-28-31-18-24-26(33-28)35(21-7-5-6-8-21)27(36)29(24,2)19-39-4/h9-10,15,18,21,23H,5-8,11-14,16-17,19H2,1-4H3,(H,31,32,33). The van der Waals surface area contributed by atoms with E-state index in [9.17, 15) is 13.2 Å². The number of nitrogens with one attached hydrogen (secondary N) is 1. The first-order valence-electron chi connectivity index (χ1n) is 14.6. The molecule has 2 saturated carbocycles. The summed E-state index contributed by atoms with van der Waals surface area (Å²) < 4.78 is 32.4. The van der Waals surface area contributed by atoms with Gasteiger partial charge in [-0.05, 0) is 102 Å². The maximum absolute atomic E-state index is 13.6. The molecule has 9 nitrogen and oxygen atoms in total. The summed E-state index contributed by atoms with van der Waals surface area (Å²) in [5.41, 5.74) is 1.74. The number of carbonyl (C=O) groups excluding carboxylic acids is 1. The fourth-order valence-electron chi connectivity index (χ4n) is 7.31. The summed E-state index contributed by atoms with van der Waals surface area (Å²) in [5, 5.41) is 2.99. The number of carbonyl (C=O) groups is 1. The lowest BCUT2D eigenvalue weighted by molar-refractivity contribution is -0.124. The van der Waals surface area contributed by atoms with Gasteiger partial charge in [-0.1, -0.05) is 12.8 Å². The van der Waals surface area contributed by atoms with Crippen LogP contribution in [0, 0.1) is 12.3 Å². The highest BCUT2D eigenvalue weighted by atomic mass is 32.2. The van der Waals surface area contributed by atoms with Crippen LogP contribution in [0.25, 0.3) is 0 Å². The molecule has 1 aromatic heterocycles. The first-order chi connectivity index (χ1) is 19.1. The fourth-order valence-corrected chi connectivity index (χ4v) is 9.44. The van der Waals surface area contributed by atoms with Gasteiger partial charge in [-0.25, -0.2) is 13.4 Å². The minimum absolute atomic E-state index is 0.0199. The Morgan fingerprint density at radius 1 is 1.15 bits per heavy atom. The number of aromatic nitrogens is 2. The Morgan fingerprint density at radius 3 is 2.50 bits per heavy atom. The second-order valence-electron chi connectivity index (χ2n) is 12.8. The third-order valence-electron chi connectivity index (χ3n) is 9.99. The highest BCUT2D eigenvalue weighted by Crippen LogP contribution is 2.52. The van der Waals surface area contributed by atoms with Crippen molar-refractivity contribution in [2.45, 2.75) is 86.8 Å². The second kappa shape index (κ2) is 10.1. The molecule has 3 heterocycles. The Kier molecular flexibility index (Phi) is 6.94. The number of aryl methyl sites for hydroxylation is 1. The molecule has 2 aromatic rings. The number of benzene rings is 1. The number of fused-ring (bicyclic) bond motifs is 1. The van der Waals surface area contributed by atoms with E-state index in [-0.39, 0.29) is 29.2 Å². The van der Waals surface area contributed by atoms with Crippen LogP contribution >= 0.6 is 0 Å². The maximum atomic E-state index is 13.6. The maximum Gasteiger partial charge on any atom is 0.241 e. The summed E-state index contributed by atoms with van der Waals surface area (Å²) in [6.07, 6.45) is 9.60. The average Bonchev–Trinajstić information content (AvgIpc) is 3.50. The molecule has 2 aliphatic carbocycles. The molecule has 1 unspecified atom stereocenters. The van der Waals surface area contributed by atoms with Crippen molar-refractivity contribution in [3.63, 3.8) is 0 Å². The van der Waals surface area contributed by atoms with Gasteiger partial charge in [0.1, 0.15) is 11.2 Å². The number of nitrogens with zero attached hydrogens (tertiary/aromatic N) is 4. The summed E-state index contributed by atoms with van der Waals surface area (Å²) in [4.78, 5) is 27.6. The SMILES string of the molecule is COCC1(C)C(=O)N(C2CCCC2)c2nc(Nc3ccc(S(=O)(=O)C4CC5(CCN(C)CC5)C4)cc3C)ncc21. The number of ether oxygens (including phenoxy) is 1. The van der Waals surface area contributed by atoms with E-state index in [1.165, 1.54) is 0 Å². The lowest BCUT2D eigenvalue weighted by Gasteiger charge is -2.51. The van der Waals surface area contributed by atoms with Crippen LogP contribution in [0.3, 0.4) is 0 Å². The Labute approximate surface area is 237 Å². The van der Waals surface area contributed by atoms with Gasteiger partial charge in [0.2, 0.25) is 11.9 Å². The number of hydrogen-bond donors (Lipinski definition) is 1. The van der Waals surface area contributed by atoms with E-state index in [1.54, 1.807) is 31.5 Å². The Bertz CT molecular complexity index is 1410. The predicted molar refractivity (Wildman–Crippen MR) is 155 cm³/mol. The molecule has 1 amide bonds. The van der Waals surface area contributed by atoms with Crippen LogP contribution in [0.1, 0.15) is 69.4 Å². The first kappa shape index (κ1) is 27.6. The highest BCUT2D eigenvalue weighted by molar-refractivity contribution is 7.92. The molecule has 1 spiro atoms. The van der Waals surface area contributed by atoms with E-state index in [0.717, 1.165) is 81.3 Å². The molecule has 10 heteroatoms. The summed E-state index contributed by atoms with van der Waals surface area (Å²) in [7, 11) is 0.362. The van der Waals surface area contributed by atoms with Crippen LogP contribution in [0.15, 0.2) is 29.3 Å². The van der Waals surface area contributed by atoms with Gasteiger partial charge in [-0.15, -0.1) is 0 Å². The van der Waals surface area contributed by atoms with Crippen LogP contribution in [-0.4, -0.2) is 74.3 Å². The zero-order valence-corrected chi connectivity index (χ0v) is 24.9. The van der Waals surface area contributed by atoms with Gasteiger partial charge in [-0.2, -0.15) is 4.98 Å². The van der Waals surface area contributed by atoms with E-state index in [4.69, 9.17) is 9.72 Å². The molecule has 3 fully saturated rings. The van der Waals surface area contributed by atoms with Gasteiger partial charge >= 0.3 is 0 Å². The molecule has 216 valence electrons. The molecule has 1 aromatic carbocycles. The van der Waals surface area contributed by atoms with Crippen LogP contribution in [0.5, 0.6) is 0 Å². The molecule has 6 rings (SSSR count). The van der Waals surface area contributed by atoms with E-state index in [0.29, 0.717) is 16.7 Å². The third kappa shape index (κ3) is 4.52. The number of methoxy groups -OCH3 is 1. The van der Waals surface area contributed by atoms with Gasteiger partial charge < -0.3 is 15.0 Å². The normalized spacial score (nSPS) is 25.4. The largest absolute Gasteiger partial charge is 0.383 e. The smallest absolute Gasteiger partial charge is 0.241 e. The zero-order valence-electron chi connectivity index (χ0n) is 24.1. The van der Waals surface area contributed by atoms with Crippen molar-refractivity contribution >= 4 is 33.2 Å². The van der Waals surface area contributed by atoms with Gasteiger partial charge in [0, 0.05) is 30.6 Å². The van der Waals surface area contributed by atoms with Crippen molar-refractivity contribution in [2.24, 2.45) is 5.41 Å². The van der Waals surface area contributed by atoms with E-state index < -0.39 is 15.3 Å². The van der Waals surface area contributed by atoms with Crippen LogP contribution < -0.4 is 10.2 Å². The number of rotatable bonds is 7. The van der Waals surface area contributed by atoms with Crippen molar-refractivity contribution in [1.82, 2.24) is 14.9 Å². The summed E-state index contributed by atoms with van der Waals surface area (Å²) >= 11 is 0. The molecule has 1 N–H and O–H groups in total. The van der Waals surface area contributed by atoms with E-state index >= 15 is 0 Å². The van der Waals surface area contributed by atoms with Crippen molar-refractivity contribution in [3.05, 3.63) is 35.5 Å². The van der Waals surface area contributed by atoms with Gasteiger partial charge in [0.05, 0.1) is 16.8 Å². The highest BCUT2D eigenvalue weighted by Gasteiger charge is 2.52. The molecule has 4 aliphatic rings. The molecule has 0 bridgehead atoms. The molecule has 2 aliphatic heterocycles. The molecular weight excluding hydrogens is 526 g/mol. The number of piperidine rings is 1. The predicted octanol–water partition coefficient (Wildman–Crippen LogP) is 4.37. The minimum atomic E-state index is -3.38. The summed E-state index contributed by atoms with van der Waals surface area (Å²) in [5.74, 6) is 1.06. The van der Waals surface area contributed by atoms with Crippen LogP contribution in [0.2, 0.25) is 0 Å². The topological polar surface area (TPSA) is 105 Å². The lowest BCUT2D eigenvalue weighted by atomic mass is 9.63. The number of likely N-dealkylation sites (tertiary alicyclic amines) is 1. The Hall–Kier alpha value is -2.56. The van der Waals surface area contributed by atoms with Gasteiger partial charge in [0.15, 0.2) is 9.84 Å². The first-order valence-corrected chi connectivity index (χ1v) is 16.1.